The van der Waals surface area contributed by atoms with E-state index in [0.29, 0.717) is 6.42 Å². The van der Waals surface area contributed by atoms with Crippen LogP contribution in [-0.4, -0.2) is 23.8 Å². The molecule has 0 aliphatic rings. The second-order valence-corrected chi connectivity index (χ2v) is 7.05. The van der Waals surface area contributed by atoms with Gasteiger partial charge >= 0.3 is 0 Å². The molecule has 0 saturated heterocycles. The van der Waals surface area contributed by atoms with Crippen molar-refractivity contribution in [3.63, 3.8) is 0 Å². The van der Waals surface area contributed by atoms with Crippen LogP contribution in [0.4, 0.5) is 0 Å². The molecule has 1 atom stereocenters. The van der Waals surface area contributed by atoms with E-state index in [4.69, 9.17) is 4.74 Å². The number of carbonyl (C=O) groups is 1. The van der Waals surface area contributed by atoms with Crippen LogP contribution in [0.25, 0.3) is 0 Å². The first kappa shape index (κ1) is 19.8. The molecule has 0 aromatic heterocycles. The zero-order chi connectivity index (χ0) is 19.8. The van der Waals surface area contributed by atoms with Gasteiger partial charge in [-0.1, -0.05) is 72.8 Å². The molecule has 144 valence electrons. The first-order chi connectivity index (χ1) is 13.7. The molecule has 0 spiro atoms. The molecule has 0 radical (unpaired) electrons. The molecule has 3 rings (SSSR count). The van der Waals surface area contributed by atoms with Gasteiger partial charge < -0.3 is 4.74 Å². The second kappa shape index (κ2) is 9.86. The van der Waals surface area contributed by atoms with Crippen LogP contribution in [-0.2, 0) is 24.3 Å². The van der Waals surface area contributed by atoms with E-state index in [0.717, 1.165) is 24.4 Å². The van der Waals surface area contributed by atoms with Crippen molar-refractivity contribution in [2.45, 2.75) is 32.5 Å². The highest BCUT2D eigenvalue weighted by Gasteiger charge is 2.24. The van der Waals surface area contributed by atoms with Crippen LogP contribution in [0.3, 0.4) is 0 Å². The lowest BCUT2D eigenvalue weighted by molar-refractivity contribution is -0.122. The smallest absolute Gasteiger partial charge is 0.147 e. The van der Waals surface area contributed by atoms with Gasteiger partial charge in [0.15, 0.2) is 0 Å². The van der Waals surface area contributed by atoms with E-state index in [9.17, 15) is 4.79 Å². The minimum atomic E-state index is -0.186. The number of rotatable bonds is 9. The maximum Gasteiger partial charge on any atom is 0.147 e. The molecular weight excluding hydrogens is 346 g/mol. The first-order valence-electron chi connectivity index (χ1n) is 9.61. The molecule has 1 unspecified atom stereocenters. The summed E-state index contributed by atoms with van der Waals surface area (Å²) >= 11 is 0. The van der Waals surface area contributed by atoms with E-state index in [1.807, 2.05) is 60.7 Å². The topological polar surface area (TPSA) is 29.5 Å². The Labute approximate surface area is 167 Å². The lowest BCUT2D eigenvalue weighted by atomic mass is 9.99. The summed E-state index contributed by atoms with van der Waals surface area (Å²) in [6.45, 7) is 3.16. The predicted molar refractivity (Wildman–Crippen MR) is 113 cm³/mol. The standard InChI is InChI=1S/C25H27NO2/c1-20(27)25(17-21-13-15-24(28-2)16-14-21)26(18-22-9-5-3-6-10-22)19-23-11-7-4-8-12-23/h3-16,25H,17-19H2,1-2H3. The second-order valence-electron chi connectivity index (χ2n) is 7.05. The molecule has 0 aliphatic carbocycles. The Balaban J connectivity index is 1.85. The van der Waals surface area contributed by atoms with Gasteiger partial charge in [0.1, 0.15) is 11.5 Å². The monoisotopic (exact) mass is 373 g/mol. The van der Waals surface area contributed by atoms with E-state index in [2.05, 4.69) is 29.2 Å². The quantitative estimate of drug-likeness (QED) is 0.534. The van der Waals surface area contributed by atoms with Gasteiger partial charge in [0.2, 0.25) is 0 Å². The van der Waals surface area contributed by atoms with Crippen LogP contribution in [0.5, 0.6) is 5.75 Å². The van der Waals surface area contributed by atoms with Crippen molar-refractivity contribution in [2.24, 2.45) is 0 Å². The zero-order valence-electron chi connectivity index (χ0n) is 16.5. The summed E-state index contributed by atoms with van der Waals surface area (Å²) in [4.78, 5) is 14.9. The predicted octanol–water partition coefficient (Wildman–Crippen LogP) is 4.90. The Bertz CT molecular complexity index is 819. The van der Waals surface area contributed by atoms with E-state index >= 15 is 0 Å². The largest absolute Gasteiger partial charge is 0.497 e. The number of hydrogen-bond donors (Lipinski definition) is 0. The van der Waals surface area contributed by atoms with Crippen molar-refractivity contribution < 1.29 is 9.53 Å². The summed E-state index contributed by atoms with van der Waals surface area (Å²) in [5.74, 6) is 1.01. The average molecular weight is 373 g/mol. The van der Waals surface area contributed by atoms with E-state index in [1.54, 1.807) is 14.0 Å². The molecular formula is C25H27NO2. The summed E-state index contributed by atoms with van der Waals surface area (Å²) in [7, 11) is 1.66. The molecule has 0 heterocycles. The highest BCUT2D eigenvalue weighted by atomic mass is 16.5. The number of benzene rings is 3. The molecule has 0 N–H and O–H groups in total. The Morgan fingerprint density at radius 2 is 1.29 bits per heavy atom. The molecule has 0 bridgehead atoms. The van der Waals surface area contributed by atoms with Crippen LogP contribution in [0.2, 0.25) is 0 Å². The number of nitrogens with zero attached hydrogens (tertiary/aromatic N) is 1. The van der Waals surface area contributed by atoms with Crippen LogP contribution < -0.4 is 4.74 Å². The number of hydrogen-bond acceptors (Lipinski definition) is 3. The lowest BCUT2D eigenvalue weighted by Crippen LogP contribution is -2.41. The van der Waals surface area contributed by atoms with Gasteiger partial charge in [-0.3, -0.25) is 9.69 Å². The summed E-state index contributed by atoms with van der Waals surface area (Å²) in [5.41, 5.74) is 3.55. The van der Waals surface area contributed by atoms with Crippen molar-refractivity contribution in [3.05, 3.63) is 102 Å². The highest BCUT2D eigenvalue weighted by Crippen LogP contribution is 2.19. The molecule has 28 heavy (non-hydrogen) atoms. The molecule has 3 heteroatoms. The minimum Gasteiger partial charge on any atom is -0.497 e. The minimum absolute atomic E-state index is 0.183. The third-order valence-corrected chi connectivity index (χ3v) is 4.96. The summed E-state index contributed by atoms with van der Waals surface area (Å²) in [5, 5.41) is 0. The Hall–Kier alpha value is -2.91. The van der Waals surface area contributed by atoms with Crippen LogP contribution in [0.15, 0.2) is 84.9 Å². The molecule has 3 aromatic carbocycles. The van der Waals surface area contributed by atoms with Crippen molar-refractivity contribution in [1.29, 1.82) is 0 Å². The molecule has 0 saturated carbocycles. The Morgan fingerprint density at radius 3 is 1.71 bits per heavy atom. The Morgan fingerprint density at radius 1 is 0.786 bits per heavy atom. The number of methoxy groups -OCH3 is 1. The normalized spacial score (nSPS) is 12.0. The van der Waals surface area contributed by atoms with Crippen molar-refractivity contribution >= 4 is 5.78 Å². The number of ketones is 1. The van der Waals surface area contributed by atoms with Gasteiger partial charge in [-0.15, -0.1) is 0 Å². The fraction of sp³-hybridized carbons (Fsp3) is 0.240. The van der Waals surface area contributed by atoms with Gasteiger partial charge in [-0.25, -0.2) is 0 Å². The molecule has 0 amide bonds. The summed E-state index contributed by atoms with van der Waals surface area (Å²) in [6, 6.07) is 28.5. The zero-order valence-corrected chi connectivity index (χ0v) is 16.5. The van der Waals surface area contributed by atoms with Crippen LogP contribution >= 0.6 is 0 Å². The first-order valence-corrected chi connectivity index (χ1v) is 9.61. The number of Topliss-reactive ketones (excluding diaryl/α,β-unsaturated/α-hetero) is 1. The van der Waals surface area contributed by atoms with Crippen molar-refractivity contribution in [2.75, 3.05) is 7.11 Å². The van der Waals surface area contributed by atoms with Crippen molar-refractivity contribution in [1.82, 2.24) is 4.90 Å². The summed E-state index contributed by atoms with van der Waals surface area (Å²) < 4.78 is 5.25. The third kappa shape index (κ3) is 5.54. The van der Waals surface area contributed by atoms with Crippen molar-refractivity contribution in [3.8, 4) is 5.75 Å². The average Bonchev–Trinajstić information content (AvgIpc) is 2.73. The number of ether oxygens (including phenoxy) is 1. The van der Waals surface area contributed by atoms with Gasteiger partial charge in [0, 0.05) is 13.1 Å². The molecule has 3 aromatic rings. The van der Waals surface area contributed by atoms with Crippen LogP contribution in [0.1, 0.15) is 23.6 Å². The fourth-order valence-corrected chi connectivity index (χ4v) is 3.43. The molecule has 0 fully saturated rings. The number of carbonyl (C=O) groups excluding carboxylic acids is 1. The van der Waals surface area contributed by atoms with Gasteiger partial charge in [0.05, 0.1) is 13.2 Å². The third-order valence-electron chi connectivity index (χ3n) is 4.96. The van der Waals surface area contributed by atoms with Gasteiger partial charge in [-0.05, 0) is 42.2 Å². The van der Waals surface area contributed by atoms with Gasteiger partial charge in [-0.2, -0.15) is 0 Å². The van der Waals surface area contributed by atoms with E-state index < -0.39 is 0 Å². The molecule has 3 nitrogen and oxygen atoms in total. The SMILES string of the molecule is COc1ccc(CC(C(C)=O)N(Cc2ccccc2)Cc2ccccc2)cc1. The van der Waals surface area contributed by atoms with E-state index in [-0.39, 0.29) is 11.8 Å². The molecule has 0 aliphatic heterocycles. The lowest BCUT2D eigenvalue weighted by Gasteiger charge is -2.30. The Kier molecular flexibility index (Phi) is 6.99. The van der Waals surface area contributed by atoms with E-state index in [1.165, 1.54) is 11.1 Å². The maximum atomic E-state index is 12.6. The summed E-state index contributed by atoms with van der Waals surface area (Å²) in [6.07, 6.45) is 0.680. The highest BCUT2D eigenvalue weighted by molar-refractivity contribution is 5.81. The van der Waals surface area contributed by atoms with Crippen LogP contribution in [0, 0.1) is 0 Å². The van der Waals surface area contributed by atoms with Gasteiger partial charge in [0.25, 0.3) is 0 Å². The fourth-order valence-electron chi connectivity index (χ4n) is 3.43. The maximum absolute atomic E-state index is 12.6.